The Bertz CT molecular complexity index is 1100. The highest BCUT2D eigenvalue weighted by Crippen LogP contribution is 2.25. The van der Waals surface area contributed by atoms with E-state index in [-0.39, 0.29) is 24.1 Å². The molecule has 1 amide bonds. The summed E-state index contributed by atoms with van der Waals surface area (Å²) in [6.07, 6.45) is 4.62. The maximum atomic E-state index is 12.7. The summed E-state index contributed by atoms with van der Waals surface area (Å²) in [5.74, 6) is -0.372. The first-order valence-electron chi connectivity index (χ1n) is 10.8. The normalized spacial score (nSPS) is 16.5. The number of carbonyl (C=O) groups excluding carboxylic acids is 1. The van der Waals surface area contributed by atoms with Crippen LogP contribution in [0.1, 0.15) is 42.4 Å². The molecule has 162 valence electrons. The van der Waals surface area contributed by atoms with E-state index in [1.54, 1.807) is 12.1 Å². The molecule has 2 aliphatic rings. The number of fused-ring (bicyclic) bond motifs is 1. The Morgan fingerprint density at radius 3 is 2.48 bits per heavy atom. The molecule has 0 saturated carbocycles. The van der Waals surface area contributed by atoms with E-state index in [1.807, 2.05) is 30.3 Å². The SMILES string of the molecule is N#Cc1ccc(N2CCC(NC(=O)CCS(=O)(=O)c3ccc4c(c3)CCC4)CC2)cc1. The zero-order chi connectivity index (χ0) is 21.8. The van der Waals surface area contributed by atoms with Crippen molar-refractivity contribution >= 4 is 21.4 Å². The molecule has 0 unspecified atom stereocenters. The van der Waals surface area contributed by atoms with Gasteiger partial charge < -0.3 is 10.2 Å². The van der Waals surface area contributed by atoms with Gasteiger partial charge in [0.1, 0.15) is 0 Å². The predicted octanol–water partition coefficient (Wildman–Crippen LogP) is 3.00. The summed E-state index contributed by atoms with van der Waals surface area (Å²) in [4.78, 5) is 14.9. The number of anilines is 1. The van der Waals surface area contributed by atoms with Gasteiger partial charge in [0.25, 0.3) is 0 Å². The van der Waals surface area contributed by atoms with Gasteiger partial charge in [-0.2, -0.15) is 5.26 Å². The van der Waals surface area contributed by atoms with Gasteiger partial charge in [0, 0.05) is 31.2 Å². The highest BCUT2D eigenvalue weighted by molar-refractivity contribution is 7.91. The van der Waals surface area contributed by atoms with Crippen LogP contribution in [0.5, 0.6) is 0 Å². The molecule has 1 N–H and O–H groups in total. The Balaban J connectivity index is 1.25. The number of nitrogens with one attached hydrogen (secondary N) is 1. The minimum Gasteiger partial charge on any atom is -0.371 e. The molecule has 1 aliphatic heterocycles. The van der Waals surface area contributed by atoms with E-state index in [2.05, 4.69) is 16.3 Å². The van der Waals surface area contributed by atoms with E-state index < -0.39 is 9.84 Å². The van der Waals surface area contributed by atoms with Crippen LogP contribution in [0.15, 0.2) is 47.4 Å². The van der Waals surface area contributed by atoms with Crippen LogP contribution in [-0.4, -0.2) is 39.2 Å². The third kappa shape index (κ3) is 5.08. The monoisotopic (exact) mass is 437 g/mol. The van der Waals surface area contributed by atoms with Crippen LogP contribution in [0, 0.1) is 11.3 Å². The maximum absolute atomic E-state index is 12.7. The molecule has 0 aromatic heterocycles. The number of hydrogen-bond donors (Lipinski definition) is 1. The third-order valence-electron chi connectivity index (χ3n) is 6.25. The summed E-state index contributed by atoms with van der Waals surface area (Å²) in [7, 11) is -3.46. The molecular formula is C24H27N3O3S. The number of nitriles is 1. The van der Waals surface area contributed by atoms with Crippen molar-refractivity contribution < 1.29 is 13.2 Å². The molecule has 1 saturated heterocycles. The molecule has 2 aromatic rings. The predicted molar refractivity (Wildman–Crippen MR) is 120 cm³/mol. The molecule has 4 rings (SSSR count). The topological polar surface area (TPSA) is 90.3 Å². The number of hydrogen-bond acceptors (Lipinski definition) is 5. The van der Waals surface area contributed by atoms with Gasteiger partial charge in [-0.3, -0.25) is 4.79 Å². The highest BCUT2D eigenvalue weighted by atomic mass is 32.2. The number of benzene rings is 2. The van der Waals surface area contributed by atoms with Crippen molar-refractivity contribution in [2.24, 2.45) is 0 Å². The average Bonchev–Trinajstić information content (AvgIpc) is 3.26. The summed E-state index contributed by atoms with van der Waals surface area (Å²) in [6.45, 7) is 1.62. The van der Waals surface area contributed by atoms with Crippen molar-refractivity contribution in [3.05, 3.63) is 59.2 Å². The minimum atomic E-state index is -3.46. The van der Waals surface area contributed by atoms with Crippen molar-refractivity contribution in [3.8, 4) is 6.07 Å². The number of carbonyl (C=O) groups is 1. The Morgan fingerprint density at radius 2 is 1.77 bits per heavy atom. The largest absolute Gasteiger partial charge is 0.371 e. The van der Waals surface area contributed by atoms with E-state index in [4.69, 9.17) is 5.26 Å². The van der Waals surface area contributed by atoms with Crippen molar-refractivity contribution in [1.29, 1.82) is 5.26 Å². The second-order valence-electron chi connectivity index (χ2n) is 8.34. The number of rotatable bonds is 6. The fraction of sp³-hybridized carbons (Fsp3) is 0.417. The Morgan fingerprint density at radius 1 is 1.06 bits per heavy atom. The molecule has 1 fully saturated rings. The Kier molecular flexibility index (Phi) is 6.28. The van der Waals surface area contributed by atoms with Crippen LogP contribution in [-0.2, 0) is 27.5 Å². The Hall–Kier alpha value is -2.85. The lowest BCUT2D eigenvalue weighted by Gasteiger charge is -2.34. The van der Waals surface area contributed by atoms with E-state index in [1.165, 1.54) is 5.56 Å². The second kappa shape index (κ2) is 9.11. The number of amides is 1. The van der Waals surface area contributed by atoms with Gasteiger partial charge in [-0.1, -0.05) is 6.07 Å². The van der Waals surface area contributed by atoms with E-state index in [0.717, 1.165) is 56.4 Å². The fourth-order valence-electron chi connectivity index (χ4n) is 4.42. The molecule has 0 radical (unpaired) electrons. The summed E-state index contributed by atoms with van der Waals surface area (Å²) < 4.78 is 25.3. The first kappa shape index (κ1) is 21.4. The summed E-state index contributed by atoms with van der Waals surface area (Å²) >= 11 is 0. The lowest BCUT2D eigenvalue weighted by Crippen LogP contribution is -2.45. The van der Waals surface area contributed by atoms with E-state index in [0.29, 0.717) is 10.5 Å². The summed E-state index contributed by atoms with van der Waals surface area (Å²) in [6, 6.07) is 15.1. The van der Waals surface area contributed by atoms with Gasteiger partial charge in [-0.25, -0.2) is 8.42 Å². The number of piperidine rings is 1. The summed E-state index contributed by atoms with van der Waals surface area (Å²) in [5.41, 5.74) is 4.08. The second-order valence-corrected chi connectivity index (χ2v) is 10.4. The fourth-order valence-corrected chi connectivity index (χ4v) is 5.70. The minimum absolute atomic E-state index is 0.0186. The number of sulfone groups is 1. The van der Waals surface area contributed by atoms with Gasteiger partial charge in [0.05, 0.1) is 22.3 Å². The van der Waals surface area contributed by atoms with Crippen molar-refractivity contribution in [2.45, 2.75) is 49.5 Å². The lowest BCUT2D eigenvalue weighted by molar-refractivity contribution is -0.121. The van der Waals surface area contributed by atoms with Crippen LogP contribution in [0.4, 0.5) is 5.69 Å². The van der Waals surface area contributed by atoms with Gasteiger partial charge in [0.15, 0.2) is 9.84 Å². The van der Waals surface area contributed by atoms with Gasteiger partial charge in [0.2, 0.25) is 5.91 Å². The molecular weight excluding hydrogens is 410 g/mol. The summed E-state index contributed by atoms with van der Waals surface area (Å²) in [5, 5.41) is 11.9. The van der Waals surface area contributed by atoms with Gasteiger partial charge >= 0.3 is 0 Å². The lowest BCUT2D eigenvalue weighted by atomic mass is 10.0. The highest BCUT2D eigenvalue weighted by Gasteiger charge is 2.23. The van der Waals surface area contributed by atoms with Crippen LogP contribution < -0.4 is 10.2 Å². The van der Waals surface area contributed by atoms with E-state index >= 15 is 0 Å². The molecule has 2 aromatic carbocycles. The molecule has 31 heavy (non-hydrogen) atoms. The molecule has 0 atom stereocenters. The van der Waals surface area contributed by atoms with Gasteiger partial charge in [-0.15, -0.1) is 0 Å². The van der Waals surface area contributed by atoms with Crippen LogP contribution >= 0.6 is 0 Å². The van der Waals surface area contributed by atoms with Crippen molar-refractivity contribution in [2.75, 3.05) is 23.7 Å². The quantitative estimate of drug-likeness (QED) is 0.750. The van der Waals surface area contributed by atoms with Crippen molar-refractivity contribution in [1.82, 2.24) is 5.32 Å². The standard InChI is InChI=1S/C24H27N3O3S/c25-17-18-4-7-22(8-5-18)27-13-10-21(11-14-27)26-24(28)12-15-31(29,30)23-9-6-19-2-1-3-20(19)16-23/h4-9,16,21H,1-3,10-15H2,(H,26,28). The molecule has 1 aliphatic carbocycles. The molecule has 0 bridgehead atoms. The third-order valence-corrected chi connectivity index (χ3v) is 7.96. The molecule has 7 heteroatoms. The zero-order valence-corrected chi connectivity index (χ0v) is 18.3. The maximum Gasteiger partial charge on any atom is 0.221 e. The molecule has 1 heterocycles. The molecule has 6 nitrogen and oxygen atoms in total. The zero-order valence-electron chi connectivity index (χ0n) is 17.5. The number of nitrogens with zero attached hydrogens (tertiary/aromatic N) is 2. The average molecular weight is 438 g/mol. The van der Waals surface area contributed by atoms with Crippen LogP contribution in [0.25, 0.3) is 0 Å². The smallest absolute Gasteiger partial charge is 0.221 e. The van der Waals surface area contributed by atoms with Crippen LogP contribution in [0.2, 0.25) is 0 Å². The van der Waals surface area contributed by atoms with E-state index in [9.17, 15) is 13.2 Å². The molecule has 0 spiro atoms. The first-order chi connectivity index (χ1) is 14.9. The van der Waals surface area contributed by atoms with Crippen LogP contribution in [0.3, 0.4) is 0 Å². The van der Waals surface area contributed by atoms with Crippen molar-refractivity contribution in [3.63, 3.8) is 0 Å². The Labute approximate surface area is 183 Å². The first-order valence-corrected chi connectivity index (χ1v) is 12.5. The number of aryl methyl sites for hydroxylation is 2. The van der Waals surface area contributed by atoms with Gasteiger partial charge in [-0.05, 0) is 79.6 Å².